The summed E-state index contributed by atoms with van der Waals surface area (Å²) in [5.74, 6) is 0. The van der Waals surface area contributed by atoms with Gasteiger partial charge < -0.3 is 5.11 Å². The van der Waals surface area contributed by atoms with Crippen molar-refractivity contribution in [1.82, 2.24) is 9.29 Å². The maximum Gasteiger partial charge on any atom is 0.252 e. The van der Waals surface area contributed by atoms with Crippen LogP contribution < -0.4 is 0 Å². The van der Waals surface area contributed by atoms with Gasteiger partial charge in [-0.05, 0) is 31.2 Å². The number of aryl methyl sites for hydroxylation is 1. The largest absolute Gasteiger partial charge is 0.396 e. The van der Waals surface area contributed by atoms with E-state index in [2.05, 4.69) is 4.98 Å². The van der Waals surface area contributed by atoms with Gasteiger partial charge in [-0.1, -0.05) is 6.07 Å². The van der Waals surface area contributed by atoms with Gasteiger partial charge in [0.2, 0.25) is 0 Å². The molecule has 0 aliphatic rings. The summed E-state index contributed by atoms with van der Waals surface area (Å²) in [6.45, 7) is 2.12. The quantitative estimate of drug-likeness (QED) is 0.879. The van der Waals surface area contributed by atoms with Gasteiger partial charge in [0.1, 0.15) is 4.21 Å². The number of hydrogen-bond donors (Lipinski definition) is 1. The molecule has 2 rings (SSSR count). The summed E-state index contributed by atoms with van der Waals surface area (Å²) in [6.07, 6.45) is 0.476. The van der Waals surface area contributed by atoms with Crippen molar-refractivity contribution in [2.45, 2.75) is 24.1 Å². The first-order valence-corrected chi connectivity index (χ1v) is 8.77. The third-order valence-corrected chi connectivity index (χ3v) is 6.41. The van der Waals surface area contributed by atoms with Crippen molar-refractivity contribution >= 4 is 21.4 Å². The molecule has 114 valence electrons. The van der Waals surface area contributed by atoms with E-state index < -0.39 is 10.0 Å². The van der Waals surface area contributed by atoms with E-state index in [-0.39, 0.29) is 13.2 Å². The SMILES string of the molecule is Cc1cccc(CN(C)S(=O)(=O)c2ccc(CCO)s2)n1. The number of nitrogens with zero attached hydrogens (tertiary/aromatic N) is 2. The van der Waals surface area contributed by atoms with E-state index in [1.165, 1.54) is 15.6 Å². The molecule has 0 aliphatic heterocycles. The summed E-state index contributed by atoms with van der Waals surface area (Å²) >= 11 is 1.20. The monoisotopic (exact) mass is 326 g/mol. The fourth-order valence-corrected chi connectivity index (χ4v) is 4.59. The number of aliphatic hydroxyl groups excluding tert-OH is 1. The number of sulfonamides is 1. The fourth-order valence-electron chi connectivity index (χ4n) is 1.90. The van der Waals surface area contributed by atoms with Crippen LogP contribution in [0, 0.1) is 6.92 Å². The predicted octanol–water partition coefficient (Wildman–Crippen LogP) is 1.81. The highest BCUT2D eigenvalue weighted by Crippen LogP contribution is 2.25. The molecule has 0 amide bonds. The van der Waals surface area contributed by atoms with Crippen LogP contribution in [0.5, 0.6) is 0 Å². The Morgan fingerprint density at radius 2 is 2.05 bits per heavy atom. The molecule has 2 heterocycles. The molecular formula is C14H18N2O3S2. The van der Waals surface area contributed by atoms with Crippen LogP contribution >= 0.6 is 11.3 Å². The highest BCUT2D eigenvalue weighted by Gasteiger charge is 2.23. The Hall–Kier alpha value is -1.28. The fraction of sp³-hybridized carbons (Fsp3) is 0.357. The van der Waals surface area contributed by atoms with Crippen LogP contribution in [0.25, 0.3) is 0 Å². The Kier molecular flexibility index (Phi) is 5.10. The van der Waals surface area contributed by atoms with Crippen LogP contribution in [0.1, 0.15) is 16.3 Å². The first-order chi connectivity index (χ1) is 9.93. The number of rotatable bonds is 6. The molecule has 0 saturated heterocycles. The summed E-state index contributed by atoms with van der Waals surface area (Å²) in [6, 6.07) is 8.88. The first kappa shape index (κ1) is 16.1. The number of aromatic nitrogens is 1. The molecule has 0 spiro atoms. The Balaban J connectivity index is 2.17. The molecular weight excluding hydrogens is 308 g/mol. The van der Waals surface area contributed by atoms with Crippen molar-refractivity contribution in [2.24, 2.45) is 0 Å². The highest BCUT2D eigenvalue weighted by atomic mass is 32.2. The van der Waals surface area contributed by atoms with Gasteiger partial charge in [-0.25, -0.2) is 8.42 Å². The minimum absolute atomic E-state index is 0.0169. The third kappa shape index (κ3) is 3.88. The Labute approximate surface area is 128 Å². The minimum atomic E-state index is -3.52. The van der Waals surface area contributed by atoms with E-state index in [9.17, 15) is 8.42 Å². The van der Waals surface area contributed by atoms with Gasteiger partial charge in [0, 0.05) is 30.6 Å². The van der Waals surface area contributed by atoms with Gasteiger partial charge >= 0.3 is 0 Å². The predicted molar refractivity (Wildman–Crippen MR) is 82.7 cm³/mol. The van der Waals surface area contributed by atoms with Crippen molar-refractivity contribution in [1.29, 1.82) is 0 Å². The summed E-state index contributed by atoms with van der Waals surface area (Å²) in [5, 5.41) is 8.90. The van der Waals surface area contributed by atoms with E-state index in [4.69, 9.17) is 5.11 Å². The number of aliphatic hydroxyl groups is 1. The summed E-state index contributed by atoms with van der Waals surface area (Å²) in [5.41, 5.74) is 1.58. The topological polar surface area (TPSA) is 70.5 Å². The molecule has 1 N–H and O–H groups in total. The average molecular weight is 326 g/mol. The van der Waals surface area contributed by atoms with E-state index in [1.54, 1.807) is 19.2 Å². The average Bonchev–Trinajstić information content (AvgIpc) is 2.88. The van der Waals surface area contributed by atoms with Crippen LogP contribution in [0.3, 0.4) is 0 Å². The molecule has 5 nitrogen and oxygen atoms in total. The summed E-state index contributed by atoms with van der Waals surface area (Å²) in [4.78, 5) is 5.18. The standard InChI is InChI=1S/C14H18N2O3S2/c1-11-4-3-5-12(15-11)10-16(2)21(18,19)14-7-6-13(20-14)8-9-17/h3-7,17H,8-10H2,1-2H3. The van der Waals surface area contributed by atoms with Crippen molar-refractivity contribution < 1.29 is 13.5 Å². The highest BCUT2D eigenvalue weighted by molar-refractivity contribution is 7.91. The molecule has 0 radical (unpaired) electrons. The van der Waals surface area contributed by atoms with Gasteiger partial charge in [0.25, 0.3) is 10.0 Å². The van der Waals surface area contributed by atoms with Crippen molar-refractivity contribution in [3.8, 4) is 0 Å². The number of thiophene rings is 1. The molecule has 0 atom stereocenters. The maximum atomic E-state index is 12.5. The Morgan fingerprint density at radius 1 is 1.29 bits per heavy atom. The van der Waals surface area contributed by atoms with E-state index in [1.807, 2.05) is 25.1 Å². The van der Waals surface area contributed by atoms with Crippen LogP contribution in [-0.4, -0.2) is 36.5 Å². The lowest BCUT2D eigenvalue weighted by molar-refractivity contribution is 0.300. The summed E-state index contributed by atoms with van der Waals surface area (Å²) in [7, 11) is -1.97. The molecule has 0 bridgehead atoms. The molecule has 0 saturated carbocycles. The van der Waals surface area contributed by atoms with Crippen LogP contribution in [0.15, 0.2) is 34.5 Å². The normalized spacial score (nSPS) is 12.0. The molecule has 0 unspecified atom stereocenters. The second kappa shape index (κ2) is 6.65. The van der Waals surface area contributed by atoms with Gasteiger partial charge in [0.15, 0.2) is 0 Å². The third-order valence-electron chi connectivity index (χ3n) is 2.99. The lowest BCUT2D eigenvalue weighted by atomic mass is 10.3. The minimum Gasteiger partial charge on any atom is -0.396 e. The van der Waals surface area contributed by atoms with Gasteiger partial charge in [-0.15, -0.1) is 11.3 Å². The number of pyridine rings is 1. The lowest BCUT2D eigenvalue weighted by Crippen LogP contribution is -2.26. The van der Waals surface area contributed by atoms with Crippen LogP contribution in [0.4, 0.5) is 0 Å². The molecule has 0 aliphatic carbocycles. The van der Waals surface area contributed by atoms with E-state index in [0.717, 1.165) is 10.6 Å². The van der Waals surface area contributed by atoms with E-state index >= 15 is 0 Å². The van der Waals surface area contributed by atoms with Crippen molar-refractivity contribution in [3.05, 3.63) is 46.6 Å². The second-order valence-electron chi connectivity index (χ2n) is 4.73. The zero-order valence-corrected chi connectivity index (χ0v) is 13.6. The van der Waals surface area contributed by atoms with Gasteiger partial charge in [0.05, 0.1) is 12.2 Å². The molecule has 2 aromatic heterocycles. The smallest absolute Gasteiger partial charge is 0.252 e. The lowest BCUT2D eigenvalue weighted by Gasteiger charge is -2.15. The Bertz CT molecular complexity index is 711. The number of hydrogen-bond acceptors (Lipinski definition) is 5. The van der Waals surface area contributed by atoms with E-state index in [0.29, 0.717) is 16.3 Å². The van der Waals surface area contributed by atoms with Crippen molar-refractivity contribution in [3.63, 3.8) is 0 Å². The Morgan fingerprint density at radius 3 is 2.71 bits per heavy atom. The zero-order chi connectivity index (χ0) is 15.5. The molecule has 21 heavy (non-hydrogen) atoms. The van der Waals surface area contributed by atoms with Crippen LogP contribution in [0.2, 0.25) is 0 Å². The zero-order valence-electron chi connectivity index (χ0n) is 12.0. The summed E-state index contributed by atoms with van der Waals surface area (Å²) < 4.78 is 26.6. The molecule has 2 aromatic rings. The van der Waals surface area contributed by atoms with Gasteiger partial charge in [-0.2, -0.15) is 4.31 Å². The molecule has 0 fully saturated rings. The van der Waals surface area contributed by atoms with Gasteiger partial charge in [-0.3, -0.25) is 4.98 Å². The first-order valence-electron chi connectivity index (χ1n) is 6.52. The van der Waals surface area contributed by atoms with Crippen LogP contribution in [-0.2, 0) is 23.0 Å². The molecule has 0 aromatic carbocycles. The molecule has 7 heteroatoms. The van der Waals surface area contributed by atoms with Crippen molar-refractivity contribution in [2.75, 3.05) is 13.7 Å². The maximum absolute atomic E-state index is 12.5. The second-order valence-corrected chi connectivity index (χ2v) is 8.17.